The lowest BCUT2D eigenvalue weighted by molar-refractivity contribution is -0.118. The molecule has 2 amide bonds. The molecule has 166 valence electrons. The van der Waals surface area contributed by atoms with Crippen LogP contribution >= 0.6 is 0 Å². The van der Waals surface area contributed by atoms with Gasteiger partial charge in [-0.15, -0.1) is 0 Å². The molecule has 0 aromatic heterocycles. The van der Waals surface area contributed by atoms with E-state index in [1.807, 2.05) is 31.2 Å². The molecule has 1 aliphatic rings. The number of nitrogens with one attached hydrogen (secondary N) is 2. The number of ether oxygens (including phenoxy) is 1. The number of hydrogen-bond acceptors (Lipinski definition) is 4. The first-order valence-electron chi connectivity index (χ1n) is 11.1. The van der Waals surface area contributed by atoms with Crippen LogP contribution in [0.3, 0.4) is 0 Å². The summed E-state index contributed by atoms with van der Waals surface area (Å²) >= 11 is 0. The Balaban J connectivity index is 1.70. The predicted octanol–water partition coefficient (Wildman–Crippen LogP) is 4.53. The Labute approximate surface area is 185 Å². The molecule has 1 fully saturated rings. The summed E-state index contributed by atoms with van der Waals surface area (Å²) in [6.45, 7) is 6.09. The molecule has 0 spiro atoms. The molecule has 0 aliphatic carbocycles. The fourth-order valence-corrected chi connectivity index (χ4v) is 3.86. The highest BCUT2D eigenvalue weighted by atomic mass is 16.5. The molecule has 0 bridgehead atoms. The van der Waals surface area contributed by atoms with Crippen molar-refractivity contribution in [2.24, 2.45) is 0 Å². The first kappa shape index (κ1) is 22.7. The zero-order chi connectivity index (χ0) is 22.2. The summed E-state index contributed by atoms with van der Waals surface area (Å²) in [6.07, 6.45) is 4.78. The van der Waals surface area contributed by atoms with Crippen LogP contribution in [0.2, 0.25) is 0 Å². The second-order valence-corrected chi connectivity index (χ2v) is 8.09. The SMILES string of the molecule is CCCCC(NC(=O)c1ccc(C)c(OC)c1)C(=O)Nc1cccc(N2CCCC2)c1. The van der Waals surface area contributed by atoms with E-state index in [9.17, 15) is 9.59 Å². The van der Waals surface area contributed by atoms with Crippen molar-refractivity contribution in [3.63, 3.8) is 0 Å². The first-order chi connectivity index (χ1) is 15.0. The number of nitrogens with zero attached hydrogens (tertiary/aromatic N) is 1. The molecule has 3 rings (SSSR count). The van der Waals surface area contributed by atoms with Crippen LogP contribution in [0.25, 0.3) is 0 Å². The normalized spacial score (nSPS) is 14.2. The fourth-order valence-electron chi connectivity index (χ4n) is 3.86. The van der Waals surface area contributed by atoms with E-state index in [0.29, 0.717) is 17.7 Å². The lowest BCUT2D eigenvalue weighted by Crippen LogP contribution is -2.43. The van der Waals surface area contributed by atoms with Crippen molar-refractivity contribution in [1.82, 2.24) is 5.32 Å². The van der Waals surface area contributed by atoms with Gasteiger partial charge >= 0.3 is 0 Å². The molecule has 6 heteroatoms. The number of amides is 2. The summed E-state index contributed by atoms with van der Waals surface area (Å²) in [7, 11) is 1.58. The van der Waals surface area contributed by atoms with Gasteiger partial charge in [-0.1, -0.05) is 31.9 Å². The van der Waals surface area contributed by atoms with E-state index in [-0.39, 0.29) is 11.8 Å². The molecule has 0 radical (unpaired) electrons. The van der Waals surface area contributed by atoms with E-state index in [1.54, 1.807) is 19.2 Å². The van der Waals surface area contributed by atoms with Crippen LogP contribution in [-0.2, 0) is 4.79 Å². The summed E-state index contributed by atoms with van der Waals surface area (Å²) in [5, 5.41) is 5.91. The highest BCUT2D eigenvalue weighted by molar-refractivity contribution is 6.01. The van der Waals surface area contributed by atoms with E-state index >= 15 is 0 Å². The standard InChI is InChI=1S/C25H33N3O3/c1-4-5-11-22(27-24(29)19-13-12-18(2)23(16-19)31-3)25(30)26-20-9-8-10-21(17-20)28-14-6-7-15-28/h8-10,12-13,16-17,22H,4-7,11,14-15H2,1-3H3,(H,26,30)(H,27,29). The van der Waals surface area contributed by atoms with E-state index in [0.717, 1.165) is 42.9 Å². The molecule has 31 heavy (non-hydrogen) atoms. The van der Waals surface area contributed by atoms with Crippen LogP contribution in [0.1, 0.15) is 54.9 Å². The molecule has 1 aliphatic heterocycles. The van der Waals surface area contributed by atoms with Gasteiger partial charge in [-0.05, 0) is 62.1 Å². The zero-order valence-electron chi connectivity index (χ0n) is 18.7. The molecule has 1 unspecified atom stereocenters. The van der Waals surface area contributed by atoms with Crippen LogP contribution in [0.15, 0.2) is 42.5 Å². The van der Waals surface area contributed by atoms with Crippen molar-refractivity contribution in [1.29, 1.82) is 0 Å². The Kier molecular flexibility index (Phi) is 7.93. The third-order valence-electron chi connectivity index (χ3n) is 5.72. The van der Waals surface area contributed by atoms with E-state index in [2.05, 4.69) is 28.5 Å². The number of benzene rings is 2. The Bertz CT molecular complexity index is 907. The number of carbonyl (C=O) groups excluding carboxylic acids is 2. The van der Waals surface area contributed by atoms with Gasteiger partial charge in [-0.25, -0.2) is 0 Å². The molecule has 0 saturated carbocycles. The van der Waals surface area contributed by atoms with Crippen LogP contribution in [0, 0.1) is 6.92 Å². The lowest BCUT2D eigenvalue weighted by atomic mass is 10.1. The molecule has 6 nitrogen and oxygen atoms in total. The van der Waals surface area contributed by atoms with Crippen molar-refractivity contribution >= 4 is 23.2 Å². The van der Waals surface area contributed by atoms with Gasteiger partial charge in [-0.2, -0.15) is 0 Å². The van der Waals surface area contributed by atoms with E-state index in [4.69, 9.17) is 4.74 Å². The minimum atomic E-state index is -0.602. The van der Waals surface area contributed by atoms with Gasteiger partial charge < -0.3 is 20.3 Å². The molecule has 2 aromatic carbocycles. The number of methoxy groups -OCH3 is 1. The molecule has 2 aromatic rings. The average Bonchev–Trinajstić information content (AvgIpc) is 3.32. The third-order valence-corrected chi connectivity index (χ3v) is 5.72. The highest BCUT2D eigenvalue weighted by Crippen LogP contribution is 2.24. The molecule has 1 atom stereocenters. The molecular weight excluding hydrogens is 390 g/mol. The summed E-state index contributed by atoms with van der Waals surface area (Å²) < 4.78 is 5.32. The van der Waals surface area contributed by atoms with Crippen molar-refractivity contribution in [2.45, 2.75) is 52.0 Å². The summed E-state index contributed by atoms with van der Waals surface area (Å²) in [6, 6.07) is 12.6. The maximum atomic E-state index is 13.0. The minimum absolute atomic E-state index is 0.195. The topological polar surface area (TPSA) is 70.7 Å². The third kappa shape index (κ3) is 6.00. The maximum absolute atomic E-state index is 13.0. The predicted molar refractivity (Wildman–Crippen MR) is 125 cm³/mol. The van der Waals surface area contributed by atoms with Gasteiger partial charge in [0, 0.05) is 30.0 Å². The van der Waals surface area contributed by atoms with E-state index < -0.39 is 6.04 Å². The number of carbonyl (C=O) groups is 2. The summed E-state index contributed by atoms with van der Waals surface area (Å²) in [5.74, 6) is 0.181. The van der Waals surface area contributed by atoms with Gasteiger partial charge in [-0.3, -0.25) is 9.59 Å². The second kappa shape index (κ2) is 10.8. The van der Waals surface area contributed by atoms with Gasteiger partial charge in [0.15, 0.2) is 0 Å². The Morgan fingerprint density at radius 3 is 2.61 bits per heavy atom. The minimum Gasteiger partial charge on any atom is -0.496 e. The number of anilines is 2. The van der Waals surface area contributed by atoms with Gasteiger partial charge in [0.1, 0.15) is 11.8 Å². The average molecular weight is 424 g/mol. The summed E-state index contributed by atoms with van der Waals surface area (Å²) in [5.41, 5.74) is 3.31. The van der Waals surface area contributed by atoms with Crippen molar-refractivity contribution in [2.75, 3.05) is 30.4 Å². The smallest absolute Gasteiger partial charge is 0.252 e. The van der Waals surface area contributed by atoms with Crippen molar-refractivity contribution in [3.05, 3.63) is 53.6 Å². The van der Waals surface area contributed by atoms with Crippen molar-refractivity contribution in [3.8, 4) is 5.75 Å². The molecule has 1 heterocycles. The van der Waals surface area contributed by atoms with Gasteiger partial charge in [0.2, 0.25) is 5.91 Å². The lowest BCUT2D eigenvalue weighted by Gasteiger charge is -2.21. The Morgan fingerprint density at radius 2 is 1.90 bits per heavy atom. The first-order valence-corrected chi connectivity index (χ1v) is 11.1. The number of rotatable bonds is 9. The summed E-state index contributed by atoms with van der Waals surface area (Å²) in [4.78, 5) is 28.2. The fraction of sp³-hybridized carbons (Fsp3) is 0.440. The zero-order valence-corrected chi connectivity index (χ0v) is 18.7. The molecular formula is C25H33N3O3. The number of hydrogen-bond donors (Lipinski definition) is 2. The number of aryl methyl sites for hydroxylation is 1. The second-order valence-electron chi connectivity index (χ2n) is 8.09. The number of unbranched alkanes of at least 4 members (excludes halogenated alkanes) is 1. The molecule has 1 saturated heterocycles. The van der Waals surface area contributed by atoms with Crippen molar-refractivity contribution < 1.29 is 14.3 Å². The van der Waals surface area contributed by atoms with Crippen LogP contribution in [0.4, 0.5) is 11.4 Å². The monoisotopic (exact) mass is 423 g/mol. The van der Waals surface area contributed by atoms with E-state index in [1.165, 1.54) is 12.8 Å². The quantitative estimate of drug-likeness (QED) is 0.622. The highest BCUT2D eigenvalue weighted by Gasteiger charge is 2.22. The van der Waals surface area contributed by atoms with Crippen LogP contribution in [0.5, 0.6) is 5.75 Å². The Hall–Kier alpha value is -3.02. The van der Waals surface area contributed by atoms with Gasteiger partial charge in [0.25, 0.3) is 5.91 Å². The van der Waals surface area contributed by atoms with Crippen LogP contribution in [-0.4, -0.2) is 38.1 Å². The van der Waals surface area contributed by atoms with Crippen LogP contribution < -0.4 is 20.3 Å². The molecule has 2 N–H and O–H groups in total. The largest absolute Gasteiger partial charge is 0.496 e. The Morgan fingerprint density at radius 1 is 1.13 bits per heavy atom. The maximum Gasteiger partial charge on any atom is 0.252 e. The van der Waals surface area contributed by atoms with Gasteiger partial charge in [0.05, 0.1) is 7.11 Å².